The van der Waals surface area contributed by atoms with Gasteiger partial charge in [-0.05, 0) is 74.1 Å². The molecule has 0 radical (unpaired) electrons. The maximum Gasteiger partial charge on any atom is 0.322 e. The van der Waals surface area contributed by atoms with Crippen molar-refractivity contribution in [2.75, 3.05) is 11.9 Å². The molecule has 0 aliphatic heterocycles. The Balaban J connectivity index is 1.87. The van der Waals surface area contributed by atoms with E-state index in [4.69, 9.17) is 10.1 Å². The number of rotatable bonds is 6. The zero-order valence-corrected chi connectivity index (χ0v) is 17.0. The quantitative estimate of drug-likeness (QED) is 0.665. The van der Waals surface area contributed by atoms with Crippen LogP contribution in [0.4, 0.5) is 5.69 Å². The minimum absolute atomic E-state index is 0.0939. The van der Waals surface area contributed by atoms with Crippen molar-refractivity contribution in [3.63, 3.8) is 0 Å². The molecule has 0 bridgehead atoms. The first-order valence-corrected chi connectivity index (χ1v) is 10.1. The molecule has 5 heteroatoms. The fraction of sp³-hybridized carbons (Fsp3) is 0.478. The van der Waals surface area contributed by atoms with Crippen molar-refractivity contribution in [1.82, 2.24) is 4.98 Å². The number of pyridine rings is 1. The molecule has 1 aliphatic carbocycles. The maximum atomic E-state index is 10.9. The van der Waals surface area contributed by atoms with E-state index >= 15 is 0 Å². The summed E-state index contributed by atoms with van der Waals surface area (Å²) in [6, 6.07) is 5.71. The predicted molar refractivity (Wildman–Crippen MR) is 111 cm³/mol. The van der Waals surface area contributed by atoms with Gasteiger partial charge in [0.05, 0.1) is 5.69 Å². The third-order valence-corrected chi connectivity index (χ3v) is 6.00. The number of benzene rings is 1. The summed E-state index contributed by atoms with van der Waals surface area (Å²) in [5.74, 6) is -0.198. The van der Waals surface area contributed by atoms with Crippen molar-refractivity contribution in [3.8, 4) is 5.75 Å². The molecule has 0 amide bonds. The number of carboxylic acids is 1. The molecule has 0 spiro atoms. The second-order valence-corrected chi connectivity index (χ2v) is 7.94. The molecular formula is C23H30N2O3. The van der Waals surface area contributed by atoms with Gasteiger partial charge < -0.3 is 15.5 Å². The molecule has 0 atom stereocenters. The number of nitrogens with one attached hydrogen (secondary N) is 1. The Morgan fingerprint density at radius 2 is 1.86 bits per heavy atom. The first-order chi connectivity index (χ1) is 13.4. The van der Waals surface area contributed by atoms with Crippen LogP contribution in [0.5, 0.6) is 5.75 Å². The van der Waals surface area contributed by atoms with Gasteiger partial charge in [-0.3, -0.25) is 9.78 Å². The van der Waals surface area contributed by atoms with Crippen LogP contribution in [0.3, 0.4) is 0 Å². The summed E-state index contributed by atoms with van der Waals surface area (Å²) in [5, 5.41) is 22.2. The zero-order chi connectivity index (χ0) is 20.3. The number of hydrogen-bond acceptors (Lipinski definition) is 4. The summed E-state index contributed by atoms with van der Waals surface area (Å²) in [4.78, 5) is 15.7. The van der Waals surface area contributed by atoms with Gasteiger partial charge in [-0.2, -0.15) is 0 Å². The third kappa shape index (κ3) is 4.46. The fourth-order valence-electron chi connectivity index (χ4n) is 4.23. The molecule has 0 unspecified atom stereocenters. The highest BCUT2D eigenvalue weighted by Crippen LogP contribution is 2.36. The summed E-state index contributed by atoms with van der Waals surface area (Å²) in [7, 11) is 0. The van der Waals surface area contributed by atoms with E-state index in [9.17, 15) is 9.90 Å². The SMILES string of the molecule is Cc1cc(NCC(=O)O)c(C)c(C)c1Cc1ccc(O)c(C2CCCCC2)n1. The van der Waals surface area contributed by atoms with Gasteiger partial charge in [-0.15, -0.1) is 0 Å². The van der Waals surface area contributed by atoms with Crippen molar-refractivity contribution in [1.29, 1.82) is 0 Å². The van der Waals surface area contributed by atoms with Crippen LogP contribution in [0, 0.1) is 20.8 Å². The van der Waals surface area contributed by atoms with Crippen LogP contribution in [0.25, 0.3) is 0 Å². The molecule has 1 saturated carbocycles. The summed E-state index contributed by atoms with van der Waals surface area (Å²) in [5.41, 5.74) is 7.23. The Bertz CT molecular complexity index is 871. The van der Waals surface area contributed by atoms with Crippen molar-refractivity contribution >= 4 is 11.7 Å². The van der Waals surface area contributed by atoms with E-state index in [1.165, 1.54) is 24.8 Å². The first kappa shape index (κ1) is 20.2. The molecule has 150 valence electrons. The number of anilines is 1. The highest BCUT2D eigenvalue weighted by Gasteiger charge is 2.21. The number of carbonyl (C=O) groups is 1. The number of aromatic nitrogens is 1. The zero-order valence-electron chi connectivity index (χ0n) is 17.0. The number of aromatic hydroxyl groups is 1. The maximum absolute atomic E-state index is 10.9. The lowest BCUT2D eigenvalue weighted by atomic mass is 9.86. The Morgan fingerprint density at radius 1 is 1.14 bits per heavy atom. The predicted octanol–water partition coefficient (Wildman–Crippen LogP) is 4.85. The van der Waals surface area contributed by atoms with E-state index < -0.39 is 5.97 Å². The second kappa shape index (κ2) is 8.63. The molecule has 1 aromatic carbocycles. The lowest BCUT2D eigenvalue weighted by Crippen LogP contribution is -2.14. The number of nitrogens with zero attached hydrogens (tertiary/aromatic N) is 1. The topological polar surface area (TPSA) is 82.5 Å². The van der Waals surface area contributed by atoms with Crippen molar-refractivity contribution in [2.45, 2.75) is 65.2 Å². The Hall–Kier alpha value is -2.56. The van der Waals surface area contributed by atoms with Gasteiger partial charge in [0.25, 0.3) is 0 Å². The molecule has 3 N–H and O–H groups in total. The molecule has 1 fully saturated rings. The minimum Gasteiger partial charge on any atom is -0.506 e. The monoisotopic (exact) mass is 382 g/mol. The summed E-state index contributed by atoms with van der Waals surface area (Å²) in [6.45, 7) is 6.05. The van der Waals surface area contributed by atoms with Crippen LogP contribution in [-0.4, -0.2) is 27.7 Å². The number of carboxylic acid groups (broad SMARTS) is 1. The highest BCUT2D eigenvalue weighted by atomic mass is 16.4. The molecule has 2 aromatic rings. The highest BCUT2D eigenvalue weighted by molar-refractivity contribution is 5.74. The van der Waals surface area contributed by atoms with Crippen LogP contribution < -0.4 is 5.32 Å². The summed E-state index contributed by atoms with van der Waals surface area (Å²) < 4.78 is 0. The van der Waals surface area contributed by atoms with Gasteiger partial charge in [0.15, 0.2) is 0 Å². The third-order valence-electron chi connectivity index (χ3n) is 6.00. The van der Waals surface area contributed by atoms with E-state index in [1.807, 2.05) is 19.1 Å². The average Bonchev–Trinajstić information content (AvgIpc) is 2.68. The van der Waals surface area contributed by atoms with Gasteiger partial charge >= 0.3 is 5.97 Å². The average molecular weight is 383 g/mol. The molecule has 3 rings (SSSR count). The van der Waals surface area contributed by atoms with Crippen LogP contribution in [0.1, 0.15) is 71.7 Å². The van der Waals surface area contributed by atoms with E-state index in [-0.39, 0.29) is 6.54 Å². The Kier molecular flexibility index (Phi) is 6.22. The van der Waals surface area contributed by atoms with Gasteiger partial charge in [-0.1, -0.05) is 19.3 Å². The molecule has 0 saturated heterocycles. The molecule has 5 nitrogen and oxygen atoms in total. The van der Waals surface area contributed by atoms with Crippen LogP contribution in [0.15, 0.2) is 18.2 Å². The molecule has 1 aromatic heterocycles. The molecule has 1 aliphatic rings. The Morgan fingerprint density at radius 3 is 2.54 bits per heavy atom. The normalized spacial score (nSPS) is 14.8. The second-order valence-electron chi connectivity index (χ2n) is 7.94. The molecule has 1 heterocycles. The first-order valence-electron chi connectivity index (χ1n) is 10.1. The minimum atomic E-state index is -0.873. The van der Waals surface area contributed by atoms with Gasteiger partial charge in [0.2, 0.25) is 0 Å². The van der Waals surface area contributed by atoms with E-state index in [1.54, 1.807) is 6.07 Å². The number of aryl methyl sites for hydroxylation is 1. The van der Waals surface area contributed by atoms with Crippen molar-refractivity contribution in [2.24, 2.45) is 0 Å². The van der Waals surface area contributed by atoms with E-state index in [0.29, 0.717) is 18.1 Å². The van der Waals surface area contributed by atoms with Gasteiger partial charge in [0, 0.05) is 23.7 Å². The van der Waals surface area contributed by atoms with E-state index in [2.05, 4.69) is 19.2 Å². The molecular weight excluding hydrogens is 352 g/mol. The van der Waals surface area contributed by atoms with E-state index in [0.717, 1.165) is 46.6 Å². The van der Waals surface area contributed by atoms with Crippen molar-refractivity contribution in [3.05, 3.63) is 51.8 Å². The van der Waals surface area contributed by atoms with Crippen LogP contribution >= 0.6 is 0 Å². The number of hydrogen-bond donors (Lipinski definition) is 3. The Labute approximate surface area is 166 Å². The molecule has 28 heavy (non-hydrogen) atoms. The van der Waals surface area contributed by atoms with Gasteiger partial charge in [0.1, 0.15) is 12.3 Å². The smallest absolute Gasteiger partial charge is 0.322 e. The van der Waals surface area contributed by atoms with Crippen LogP contribution in [-0.2, 0) is 11.2 Å². The summed E-state index contributed by atoms with van der Waals surface area (Å²) >= 11 is 0. The lowest BCUT2D eigenvalue weighted by molar-refractivity contribution is -0.134. The fourth-order valence-corrected chi connectivity index (χ4v) is 4.23. The van der Waals surface area contributed by atoms with Gasteiger partial charge in [-0.25, -0.2) is 0 Å². The van der Waals surface area contributed by atoms with Crippen molar-refractivity contribution < 1.29 is 15.0 Å². The largest absolute Gasteiger partial charge is 0.506 e. The standard InChI is InChI=1S/C23H30N2O3/c1-14-11-20(24-13-22(27)28)16(3)15(2)19(14)12-18-9-10-21(26)23(25-18)17-7-5-4-6-8-17/h9-11,17,24,26H,4-8,12-13H2,1-3H3,(H,27,28). The van der Waals surface area contributed by atoms with Crippen LogP contribution in [0.2, 0.25) is 0 Å². The number of aliphatic carboxylic acids is 1. The summed E-state index contributed by atoms with van der Waals surface area (Å²) in [6.07, 6.45) is 6.60. The lowest BCUT2D eigenvalue weighted by Gasteiger charge is -2.22.